The lowest BCUT2D eigenvalue weighted by atomic mass is 9.42. The predicted octanol–water partition coefficient (Wildman–Crippen LogP) is 2.25. The first-order valence-electron chi connectivity index (χ1n) is 9.55. The number of fused-ring (bicyclic) bond motifs is 3. The second-order valence-electron chi connectivity index (χ2n) is 9.18. The van der Waals surface area contributed by atoms with Gasteiger partial charge in [-0.1, -0.05) is 26.3 Å². The van der Waals surface area contributed by atoms with E-state index in [1.807, 2.05) is 0 Å². The third kappa shape index (κ3) is 2.49. The second kappa shape index (κ2) is 6.39. The zero-order valence-corrected chi connectivity index (χ0v) is 15.2. The molecule has 0 aromatic rings. The van der Waals surface area contributed by atoms with Crippen LogP contribution in [-0.4, -0.2) is 46.4 Å². The van der Waals surface area contributed by atoms with Gasteiger partial charge in [0.1, 0.15) is 0 Å². The summed E-state index contributed by atoms with van der Waals surface area (Å²) in [5.74, 6) is 0.615. The summed E-state index contributed by atoms with van der Waals surface area (Å²) in [5.41, 5.74) is 0.367. The van der Waals surface area contributed by atoms with Crippen molar-refractivity contribution in [1.29, 1.82) is 0 Å². The summed E-state index contributed by atoms with van der Waals surface area (Å²) in [6, 6.07) is 0. The summed E-state index contributed by atoms with van der Waals surface area (Å²) in [6.07, 6.45) is 7.77. The molecule has 0 bridgehead atoms. The highest BCUT2D eigenvalue weighted by Gasteiger charge is 2.62. The van der Waals surface area contributed by atoms with Crippen LogP contribution in [0.1, 0.15) is 58.8 Å². The highest BCUT2D eigenvalue weighted by atomic mass is 16.3. The summed E-state index contributed by atoms with van der Waals surface area (Å²) >= 11 is 0. The van der Waals surface area contributed by atoms with Gasteiger partial charge in [0.25, 0.3) is 0 Å². The first-order chi connectivity index (χ1) is 11.4. The van der Waals surface area contributed by atoms with E-state index < -0.39 is 11.5 Å². The maximum absolute atomic E-state index is 11.0. The first-order valence-corrected chi connectivity index (χ1v) is 9.55. The highest BCUT2D eigenvalue weighted by molar-refractivity contribution is 5.18. The van der Waals surface area contributed by atoms with E-state index in [0.717, 1.165) is 44.1 Å². The molecule has 0 heterocycles. The number of rotatable bonds is 3. The van der Waals surface area contributed by atoms with Crippen molar-refractivity contribution in [3.05, 3.63) is 11.6 Å². The first kappa shape index (κ1) is 18.4. The summed E-state index contributed by atoms with van der Waals surface area (Å²) in [4.78, 5) is 0. The molecule has 6 unspecified atom stereocenters. The van der Waals surface area contributed by atoms with Gasteiger partial charge in [0, 0.05) is 12.0 Å². The Labute approximate surface area is 145 Å². The van der Waals surface area contributed by atoms with Gasteiger partial charge in [-0.25, -0.2) is 0 Å². The molecule has 0 aromatic heterocycles. The molecule has 0 spiro atoms. The molecular weight excluding hydrogens is 304 g/mol. The summed E-state index contributed by atoms with van der Waals surface area (Å²) in [5, 5.41) is 40.9. The topological polar surface area (TPSA) is 80.9 Å². The average Bonchev–Trinajstić information content (AvgIpc) is 2.72. The SMILES string of the molecule is CC1(CO)CCCC2(C)C1CCC1(CO)C(O)CC(CO)=CCC21. The molecule has 0 aromatic carbocycles. The van der Waals surface area contributed by atoms with E-state index in [1.165, 1.54) is 0 Å². The minimum atomic E-state index is -0.603. The van der Waals surface area contributed by atoms with E-state index in [4.69, 9.17) is 0 Å². The van der Waals surface area contributed by atoms with Crippen LogP contribution in [0.15, 0.2) is 11.6 Å². The molecule has 4 heteroatoms. The predicted molar refractivity (Wildman–Crippen MR) is 93.3 cm³/mol. The normalized spacial score (nSPS) is 48.9. The maximum Gasteiger partial charge on any atom is 0.0659 e. The van der Waals surface area contributed by atoms with Crippen molar-refractivity contribution in [3.8, 4) is 0 Å². The zero-order valence-electron chi connectivity index (χ0n) is 15.2. The van der Waals surface area contributed by atoms with Gasteiger partial charge in [-0.2, -0.15) is 0 Å². The third-order valence-electron chi connectivity index (χ3n) is 8.11. The molecule has 3 aliphatic rings. The van der Waals surface area contributed by atoms with Crippen molar-refractivity contribution >= 4 is 0 Å². The third-order valence-corrected chi connectivity index (χ3v) is 8.11. The molecule has 2 saturated carbocycles. The molecular formula is C20H34O4. The molecule has 3 rings (SSSR count). The lowest BCUT2D eigenvalue weighted by molar-refractivity contribution is -0.190. The van der Waals surface area contributed by atoms with Gasteiger partial charge in [0.15, 0.2) is 0 Å². The van der Waals surface area contributed by atoms with Gasteiger partial charge in [0.05, 0.1) is 19.3 Å². The van der Waals surface area contributed by atoms with Crippen LogP contribution >= 0.6 is 0 Å². The lowest BCUT2D eigenvalue weighted by Crippen LogP contribution is -2.60. The maximum atomic E-state index is 11.0. The molecule has 24 heavy (non-hydrogen) atoms. The smallest absolute Gasteiger partial charge is 0.0659 e. The van der Waals surface area contributed by atoms with Crippen LogP contribution in [0.3, 0.4) is 0 Å². The van der Waals surface area contributed by atoms with E-state index in [9.17, 15) is 20.4 Å². The Balaban J connectivity index is 2.04. The molecule has 4 nitrogen and oxygen atoms in total. The highest BCUT2D eigenvalue weighted by Crippen LogP contribution is 2.66. The van der Waals surface area contributed by atoms with E-state index in [0.29, 0.717) is 12.3 Å². The van der Waals surface area contributed by atoms with Gasteiger partial charge in [-0.15, -0.1) is 0 Å². The van der Waals surface area contributed by atoms with Crippen molar-refractivity contribution in [3.63, 3.8) is 0 Å². The number of aliphatic hydroxyl groups is 4. The largest absolute Gasteiger partial charge is 0.396 e. The Bertz CT molecular complexity index is 504. The van der Waals surface area contributed by atoms with Crippen LogP contribution < -0.4 is 0 Å². The van der Waals surface area contributed by atoms with Gasteiger partial charge < -0.3 is 20.4 Å². The number of hydrogen-bond acceptors (Lipinski definition) is 4. The average molecular weight is 338 g/mol. The Morgan fingerprint density at radius 2 is 1.79 bits per heavy atom. The Hall–Kier alpha value is -0.420. The lowest BCUT2D eigenvalue weighted by Gasteiger charge is -2.63. The second-order valence-corrected chi connectivity index (χ2v) is 9.18. The standard InChI is InChI=1S/C20H34O4/c1-18(12-22)7-3-8-19(2)15(18)6-9-20(13-23)16(19)5-4-14(11-21)10-17(20)24/h4,15-17,21-24H,3,5-13H2,1-2H3. The fraction of sp³-hybridized carbons (Fsp3) is 0.900. The van der Waals surface area contributed by atoms with Gasteiger partial charge in [0.2, 0.25) is 0 Å². The van der Waals surface area contributed by atoms with E-state index in [1.54, 1.807) is 0 Å². The van der Waals surface area contributed by atoms with Crippen LogP contribution in [0.2, 0.25) is 0 Å². The molecule has 2 fully saturated rings. The quantitative estimate of drug-likeness (QED) is 0.595. The van der Waals surface area contributed by atoms with Crippen molar-refractivity contribution in [2.45, 2.75) is 64.9 Å². The van der Waals surface area contributed by atoms with Crippen LogP contribution in [-0.2, 0) is 0 Å². The van der Waals surface area contributed by atoms with Crippen molar-refractivity contribution in [1.82, 2.24) is 0 Å². The Kier molecular flexibility index (Phi) is 4.89. The van der Waals surface area contributed by atoms with Gasteiger partial charge in [-0.05, 0) is 66.8 Å². The molecule has 4 N–H and O–H groups in total. The zero-order chi connectivity index (χ0) is 17.6. The minimum absolute atomic E-state index is 0.00350. The summed E-state index contributed by atoms with van der Waals surface area (Å²) in [6.45, 7) is 4.74. The van der Waals surface area contributed by atoms with Gasteiger partial charge in [-0.3, -0.25) is 0 Å². The van der Waals surface area contributed by atoms with Crippen LogP contribution in [0.25, 0.3) is 0 Å². The van der Waals surface area contributed by atoms with Crippen molar-refractivity contribution < 1.29 is 20.4 Å². The number of hydrogen-bond donors (Lipinski definition) is 4. The van der Waals surface area contributed by atoms with Crippen LogP contribution in [0, 0.1) is 28.1 Å². The van der Waals surface area contributed by atoms with E-state index in [2.05, 4.69) is 19.9 Å². The van der Waals surface area contributed by atoms with Crippen LogP contribution in [0.5, 0.6) is 0 Å². The van der Waals surface area contributed by atoms with Crippen LogP contribution in [0.4, 0.5) is 0 Å². The molecule has 0 amide bonds. The van der Waals surface area contributed by atoms with Crippen molar-refractivity contribution in [2.75, 3.05) is 19.8 Å². The van der Waals surface area contributed by atoms with Crippen molar-refractivity contribution in [2.24, 2.45) is 28.1 Å². The molecule has 3 aliphatic carbocycles. The van der Waals surface area contributed by atoms with E-state index >= 15 is 0 Å². The Morgan fingerprint density at radius 3 is 2.42 bits per heavy atom. The van der Waals surface area contributed by atoms with E-state index in [-0.39, 0.29) is 36.6 Å². The number of aliphatic hydroxyl groups excluding tert-OH is 4. The van der Waals surface area contributed by atoms with Gasteiger partial charge >= 0.3 is 0 Å². The molecule has 6 atom stereocenters. The molecule has 138 valence electrons. The minimum Gasteiger partial charge on any atom is -0.396 e. The monoisotopic (exact) mass is 338 g/mol. The summed E-state index contributed by atoms with van der Waals surface area (Å²) < 4.78 is 0. The Morgan fingerprint density at radius 1 is 1.04 bits per heavy atom. The number of allylic oxidation sites excluding steroid dienone is 1. The molecule has 0 radical (unpaired) electrons. The fourth-order valence-electron chi connectivity index (χ4n) is 6.69. The fourth-order valence-corrected chi connectivity index (χ4v) is 6.69. The summed E-state index contributed by atoms with van der Waals surface area (Å²) in [7, 11) is 0. The molecule has 0 saturated heterocycles. The molecule has 0 aliphatic heterocycles.